The average molecular weight is 356 g/mol. The number of allylic oxidation sites excluding steroid dienone is 1. The van der Waals surface area contributed by atoms with E-state index in [1.165, 1.54) is 115 Å². The van der Waals surface area contributed by atoms with Gasteiger partial charge in [0.2, 0.25) is 0 Å². The van der Waals surface area contributed by atoms with Crippen LogP contribution in [-0.4, -0.2) is 18.6 Å². The molecule has 0 N–H and O–H groups in total. The van der Waals surface area contributed by atoms with Crippen LogP contribution in [0.25, 0.3) is 0 Å². The maximum absolute atomic E-state index is 5.82. The molecule has 0 spiro atoms. The fraction of sp³-hybridized carbons (Fsp3) is 0.889. The van der Waals surface area contributed by atoms with Gasteiger partial charge in [0.25, 0.3) is 0 Å². The summed E-state index contributed by atoms with van der Waals surface area (Å²) in [6, 6.07) is 0. The van der Waals surface area contributed by atoms with Crippen molar-refractivity contribution in [2.24, 2.45) is 0 Å². The van der Waals surface area contributed by atoms with Gasteiger partial charge in [-0.2, -0.15) is 0 Å². The van der Waals surface area contributed by atoms with Gasteiger partial charge in [0, 0.05) is 0 Å². The van der Waals surface area contributed by atoms with Crippen LogP contribution in [-0.2, 0) is 0 Å². The van der Waals surface area contributed by atoms with Gasteiger partial charge >= 0.3 is 104 Å². The molecule has 0 fully saturated rings. The Balaban J connectivity index is 2.97. The molecule has 0 aromatic rings. The van der Waals surface area contributed by atoms with Crippen LogP contribution in [0.1, 0.15) is 103 Å². The minimum atomic E-state index is 1.01. The second kappa shape index (κ2) is 17.7. The quantitative estimate of drug-likeness (QED) is 0.217. The molecular weight excluding hydrogens is 321 g/mol. The molecule has 0 atom stereocenters. The minimum absolute atomic E-state index is 1.01. The van der Waals surface area contributed by atoms with Crippen LogP contribution in [0.4, 0.5) is 0 Å². The van der Waals surface area contributed by atoms with Crippen LogP contribution in [0.15, 0.2) is 9.66 Å². The van der Waals surface area contributed by atoms with Crippen LogP contribution in [0.5, 0.6) is 0 Å². The number of halogens is 1. The van der Waals surface area contributed by atoms with Crippen molar-refractivity contribution in [2.75, 3.05) is 0 Å². The van der Waals surface area contributed by atoms with E-state index < -0.39 is 0 Å². The number of hydrogen-bond acceptors (Lipinski definition) is 0. The van der Waals surface area contributed by atoms with Crippen molar-refractivity contribution < 1.29 is 0 Å². The third kappa shape index (κ3) is 18.7. The molecule has 0 amide bonds. The second-order valence-electron chi connectivity index (χ2n) is 5.97. The van der Waals surface area contributed by atoms with E-state index in [-0.39, 0.29) is 0 Å². The van der Waals surface area contributed by atoms with Crippen LogP contribution >= 0.6 is 11.6 Å². The normalized spacial score (nSPS) is 12.0. The van der Waals surface area contributed by atoms with Crippen molar-refractivity contribution in [3.05, 3.63) is 9.66 Å². The first-order chi connectivity index (χ1) is 9.77. The summed E-state index contributed by atoms with van der Waals surface area (Å²) in [7, 11) is 0. The van der Waals surface area contributed by atoms with E-state index in [9.17, 15) is 0 Å². The van der Waals surface area contributed by atoms with Crippen molar-refractivity contribution in [1.29, 1.82) is 0 Å². The third-order valence-electron chi connectivity index (χ3n) is 3.90. The Morgan fingerprint density at radius 3 is 1.40 bits per heavy atom. The molecule has 0 aliphatic heterocycles. The summed E-state index contributed by atoms with van der Waals surface area (Å²) in [5.74, 6) is 0. The molecule has 2 heteroatoms. The van der Waals surface area contributed by atoms with E-state index in [4.69, 9.17) is 11.6 Å². The van der Waals surface area contributed by atoms with Crippen LogP contribution < -0.4 is 0 Å². The Morgan fingerprint density at radius 2 is 1.05 bits per heavy atom. The van der Waals surface area contributed by atoms with Crippen molar-refractivity contribution in [3.63, 3.8) is 0 Å². The zero-order valence-electron chi connectivity index (χ0n) is 13.6. The number of rotatable bonds is 15. The molecule has 0 bridgehead atoms. The van der Waals surface area contributed by atoms with Gasteiger partial charge in [-0.25, -0.2) is 0 Å². The van der Waals surface area contributed by atoms with Crippen LogP contribution in [0.2, 0.25) is 0 Å². The van der Waals surface area contributed by atoms with Crippen molar-refractivity contribution in [3.8, 4) is 0 Å². The van der Waals surface area contributed by atoms with Crippen molar-refractivity contribution >= 4 is 30.2 Å². The summed E-state index contributed by atoms with van der Waals surface area (Å²) in [5.41, 5.74) is 0. The fourth-order valence-corrected chi connectivity index (χ4v) is 3.04. The van der Waals surface area contributed by atoms with Crippen molar-refractivity contribution in [1.82, 2.24) is 0 Å². The molecule has 0 aliphatic rings. The average Bonchev–Trinajstić information content (AvgIpc) is 2.43. The maximum atomic E-state index is 5.82. The molecule has 0 unspecified atom stereocenters. The van der Waals surface area contributed by atoms with Gasteiger partial charge < -0.3 is 0 Å². The topological polar surface area (TPSA) is 0 Å². The summed E-state index contributed by atoms with van der Waals surface area (Å²) in [6.45, 7) is 2.29. The van der Waals surface area contributed by atoms with E-state index in [1.54, 1.807) is 0 Å². The van der Waals surface area contributed by atoms with Gasteiger partial charge in [0.1, 0.15) is 0 Å². The Hall–Kier alpha value is 0.666. The Bertz CT molecular complexity index is 209. The first-order valence-corrected chi connectivity index (χ1v) is 10.5. The molecular formula is C18H34ClGa. The summed E-state index contributed by atoms with van der Waals surface area (Å²) >= 11 is 7.36. The molecule has 20 heavy (non-hydrogen) atoms. The zero-order chi connectivity index (χ0) is 14.9. The standard InChI is InChI=1S/C18H34Cl.Ga/c1-2-3-4-5-6-7-8-9-10-11-12-13-14-15-16-17-18-19;/h17H,2-16H2,1H3;. The first kappa shape index (κ1) is 20.7. The van der Waals surface area contributed by atoms with E-state index in [0.717, 1.165) is 3.59 Å². The molecule has 2 radical (unpaired) electrons. The third-order valence-corrected chi connectivity index (χ3v) is 4.55. The van der Waals surface area contributed by atoms with E-state index in [2.05, 4.69) is 13.0 Å². The molecule has 0 rings (SSSR count). The van der Waals surface area contributed by atoms with Gasteiger partial charge in [-0.05, 0) is 0 Å². The van der Waals surface area contributed by atoms with E-state index in [1.807, 2.05) is 0 Å². The molecule has 0 heterocycles. The Kier molecular flexibility index (Phi) is 18.3. The molecule has 0 saturated heterocycles. The summed E-state index contributed by atoms with van der Waals surface area (Å²) in [4.78, 5) is 0. The summed E-state index contributed by atoms with van der Waals surface area (Å²) < 4.78 is 1.01. The number of hydrogen-bond donors (Lipinski definition) is 0. The van der Waals surface area contributed by atoms with Crippen LogP contribution in [0.3, 0.4) is 0 Å². The SMILES string of the molecule is CCCCCCCCCCCCCCCC/C=[C](/Cl)[Ga]. The van der Waals surface area contributed by atoms with Crippen LogP contribution in [0, 0.1) is 0 Å². The molecule has 0 aliphatic carbocycles. The monoisotopic (exact) mass is 354 g/mol. The van der Waals surface area contributed by atoms with Gasteiger partial charge in [-0.15, -0.1) is 0 Å². The predicted octanol–water partition coefficient (Wildman–Crippen LogP) is 7.11. The first-order valence-electron chi connectivity index (χ1n) is 8.88. The Morgan fingerprint density at radius 1 is 0.700 bits per heavy atom. The van der Waals surface area contributed by atoms with E-state index in [0.29, 0.717) is 0 Å². The molecule has 0 nitrogen and oxygen atoms in total. The summed E-state index contributed by atoms with van der Waals surface area (Å²) in [5, 5.41) is 0. The predicted molar refractivity (Wildman–Crippen MR) is 94.6 cm³/mol. The molecule has 0 aromatic heterocycles. The second-order valence-corrected chi connectivity index (χ2v) is 8.48. The summed E-state index contributed by atoms with van der Waals surface area (Å²) in [6.07, 6.45) is 23.4. The van der Waals surface area contributed by atoms with Gasteiger partial charge in [-0.3, -0.25) is 0 Å². The molecule has 0 aromatic carbocycles. The molecule has 116 valence electrons. The van der Waals surface area contributed by atoms with Crippen molar-refractivity contribution in [2.45, 2.75) is 103 Å². The number of unbranched alkanes of at least 4 members (excludes halogenated alkanes) is 14. The van der Waals surface area contributed by atoms with Gasteiger partial charge in [-0.1, -0.05) is 39.0 Å². The Labute approximate surface area is 143 Å². The van der Waals surface area contributed by atoms with Gasteiger partial charge in [0.15, 0.2) is 0 Å². The van der Waals surface area contributed by atoms with E-state index >= 15 is 0 Å². The van der Waals surface area contributed by atoms with Gasteiger partial charge in [0.05, 0.1) is 0 Å². The zero-order valence-corrected chi connectivity index (χ0v) is 16.8. The molecule has 0 saturated carbocycles. The fourth-order valence-electron chi connectivity index (χ4n) is 2.58.